The number of hydrogen-bond donors (Lipinski definition) is 0. The molecule has 0 N–H and O–H groups in total. The Morgan fingerprint density at radius 2 is 1.37 bits per heavy atom. The minimum atomic E-state index is -2.00. The average molecular weight is 303 g/mol. The summed E-state index contributed by atoms with van der Waals surface area (Å²) in [5.74, 6) is 0. The van der Waals surface area contributed by atoms with Gasteiger partial charge in [0.15, 0.2) is 0 Å². The lowest BCUT2D eigenvalue weighted by molar-refractivity contribution is 0.457. The average Bonchev–Trinajstić information content (AvgIpc) is 2.30. The van der Waals surface area contributed by atoms with E-state index < -0.39 is 7.87 Å². The van der Waals surface area contributed by atoms with E-state index in [1.807, 2.05) is 66.6 Å². The van der Waals surface area contributed by atoms with E-state index in [1.165, 1.54) is 0 Å². The van der Waals surface area contributed by atoms with Crippen molar-refractivity contribution in [2.75, 3.05) is 42.3 Å². The third kappa shape index (κ3) is 3.50. The second kappa shape index (κ2) is 6.73. The first-order valence-electron chi connectivity index (χ1n) is 5.92. The van der Waals surface area contributed by atoms with Crippen LogP contribution in [0.2, 0.25) is 5.02 Å². The van der Waals surface area contributed by atoms with Gasteiger partial charge in [0.2, 0.25) is 0 Å². The highest BCUT2D eigenvalue weighted by molar-refractivity contribution is 7.67. The van der Waals surface area contributed by atoms with Crippen molar-refractivity contribution < 1.29 is 0 Å². The third-order valence-corrected chi connectivity index (χ3v) is 6.60. The van der Waals surface area contributed by atoms with Crippen molar-refractivity contribution in [2.45, 2.75) is 0 Å². The standard InChI is InChI=1S/C12H22ClN5P/c1-16(2)19(17(3)4,18(5)6)15-14-12-10-8-7-9-11(12)13/h7-10H,1-6H3/q+1. The molecule has 5 nitrogen and oxygen atoms in total. The van der Waals surface area contributed by atoms with Gasteiger partial charge in [-0.05, 0) is 12.1 Å². The fourth-order valence-corrected chi connectivity index (χ4v) is 4.97. The Kier molecular flexibility index (Phi) is 5.83. The van der Waals surface area contributed by atoms with Gasteiger partial charge in [-0.25, -0.2) is 0 Å². The number of hydrogen-bond acceptors (Lipinski definition) is 5. The molecule has 0 aromatic heterocycles. The molecule has 19 heavy (non-hydrogen) atoms. The monoisotopic (exact) mass is 302 g/mol. The summed E-state index contributed by atoms with van der Waals surface area (Å²) in [7, 11) is 10.1. The predicted octanol–water partition coefficient (Wildman–Crippen LogP) is 3.79. The third-order valence-electron chi connectivity index (χ3n) is 2.73. The van der Waals surface area contributed by atoms with Crippen LogP contribution >= 0.6 is 19.5 Å². The van der Waals surface area contributed by atoms with Crippen molar-refractivity contribution in [1.29, 1.82) is 0 Å². The number of benzene rings is 1. The van der Waals surface area contributed by atoms with E-state index in [-0.39, 0.29) is 0 Å². The maximum absolute atomic E-state index is 6.11. The maximum Gasteiger partial charge on any atom is 0.377 e. The molecule has 0 saturated heterocycles. The van der Waals surface area contributed by atoms with E-state index in [4.69, 9.17) is 11.6 Å². The highest BCUT2D eigenvalue weighted by atomic mass is 35.5. The first-order chi connectivity index (χ1) is 8.82. The largest absolute Gasteiger partial charge is 0.377 e. The Hall–Kier alpha value is -0.580. The van der Waals surface area contributed by atoms with Gasteiger partial charge in [0, 0.05) is 47.2 Å². The van der Waals surface area contributed by atoms with Crippen LogP contribution in [0.4, 0.5) is 5.69 Å². The van der Waals surface area contributed by atoms with Crippen LogP contribution in [-0.4, -0.2) is 56.3 Å². The van der Waals surface area contributed by atoms with Crippen LogP contribution in [-0.2, 0) is 0 Å². The highest BCUT2D eigenvalue weighted by Gasteiger charge is 2.50. The van der Waals surface area contributed by atoms with Crippen molar-refractivity contribution in [2.24, 2.45) is 10.00 Å². The molecular formula is C12H22ClN5P+. The molecule has 0 heterocycles. The van der Waals surface area contributed by atoms with Crippen molar-refractivity contribution in [3.05, 3.63) is 29.3 Å². The molecule has 0 atom stereocenters. The Bertz CT molecular complexity index is 426. The minimum Gasteiger partial charge on any atom is -0.132 e. The topological polar surface area (TPSA) is 34.4 Å². The van der Waals surface area contributed by atoms with Gasteiger partial charge in [-0.2, -0.15) is 0 Å². The van der Waals surface area contributed by atoms with Crippen LogP contribution in [0.15, 0.2) is 34.3 Å². The Morgan fingerprint density at radius 1 is 0.895 bits per heavy atom. The Labute approximate surface area is 121 Å². The smallest absolute Gasteiger partial charge is 0.132 e. The zero-order valence-electron chi connectivity index (χ0n) is 12.4. The van der Waals surface area contributed by atoms with Crippen molar-refractivity contribution in [3.63, 3.8) is 0 Å². The molecule has 0 saturated carbocycles. The van der Waals surface area contributed by atoms with Gasteiger partial charge >= 0.3 is 7.87 Å². The summed E-state index contributed by atoms with van der Waals surface area (Å²) < 4.78 is 6.31. The van der Waals surface area contributed by atoms with Crippen molar-refractivity contribution in [1.82, 2.24) is 14.0 Å². The van der Waals surface area contributed by atoms with Crippen LogP contribution in [0.25, 0.3) is 0 Å². The molecule has 0 spiro atoms. The van der Waals surface area contributed by atoms with E-state index >= 15 is 0 Å². The lowest BCUT2D eigenvalue weighted by Gasteiger charge is -2.33. The zero-order chi connectivity index (χ0) is 14.6. The van der Waals surface area contributed by atoms with Gasteiger partial charge in [-0.1, -0.05) is 23.7 Å². The number of rotatable bonds is 5. The van der Waals surface area contributed by atoms with Crippen LogP contribution in [0.1, 0.15) is 0 Å². The van der Waals surface area contributed by atoms with Gasteiger partial charge in [0.1, 0.15) is 5.69 Å². The summed E-state index contributed by atoms with van der Waals surface area (Å²) in [6.07, 6.45) is 0. The normalized spacial score (nSPS) is 13.2. The zero-order valence-corrected chi connectivity index (χ0v) is 14.0. The lowest BCUT2D eigenvalue weighted by Crippen LogP contribution is -2.34. The quantitative estimate of drug-likeness (QED) is 0.613. The SMILES string of the molecule is CN(C)[P+](N=Nc1ccccc1Cl)(N(C)C)N(C)C. The van der Waals surface area contributed by atoms with Crippen LogP contribution in [0.3, 0.4) is 0 Å². The van der Waals surface area contributed by atoms with E-state index in [2.05, 4.69) is 24.0 Å². The summed E-state index contributed by atoms with van der Waals surface area (Å²) in [5, 5.41) is 4.97. The summed E-state index contributed by atoms with van der Waals surface area (Å²) in [6.45, 7) is 0. The van der Waals surface area contributed by atoms with Gasteiger partial charge in [0.05, 0.1) is 5.02 Å². The Balaban J connectivity index is 3.18. The second-order valence-electron chi connectivity index (χ2n) is 4.72. The number of nitrogens with zero attached hydrogens (tertiary/aromatic N) is 5. The van der Waals surface area contributed by atoms with Crippen molar-refractivity contribution in [3.8, 4) is 0 Å². The van der Waals surface area contributed by atoms with Crippen LogP contribution < -0.4 is 0 Å². The van der Waals surface area contributed by atoms with Crippen LogP contribution in [0, 0.1) is 0 Å². The van der Waals surface area contributed by atoms with Crippen LogP contribution in [0.5, 0.6) is 0 Å². The molecular weight excluding hydrogens is 281 g/mol. The van der Waals surface area contributed by atoms with Gasteiger partial charge in [0.25, 0.3) is 0 Å². The fraction of sp³-hybridized carbons (Fsp3) is 0.500. The van der Waals surface area contributed by atoms with Gasteiger partial charge < -0.3 is 0 Å². The summed E-state index contributed by atoms with van der Waals surface area (Å²) >= 11 is 6.11. The molecule has 7 heteroatoms. The predicted molar refractivity (Wildman–Crippen MR) is 83.9 cm³/mol. The van der Waals surface area contributed by atoms with E-state index in [0.717, 1.165) is 0 Å². The lowest BCUT2D eigenvalue weighted by atomic mass is 10.3. The molecule has 0 amide bonds. The molecule has 0 unspecified atom stereocenters. The highest BCUT2D eigenvalue weighted by Crippen LogP contribution is 2.65. The minimum absolute atomic E-state index is 0.612. The van der Waals surface area contributed by atoms with E-state index in [0.29, 0.717) is 10.7 Å². The molecule has 1 rings (SSSR count). The molecule has 0 aliphatic carbocycles. The molecule has 106 valence electrons. The van der Waals surface area contributed by atoms with Gasteiger partial charge in [-0.3, -0.25) is 0 Å². The first-order valence-corrected chi connectivity index (χ1v) is 7.90. The fourth-order valence-electron chi connectivity index (χ4n) is 1.95. The molecule has 1 aromatic carbocycles. The van der Waals surface area contributed by atoms with E-state index in [1.54, 1.807) is 0 Å². The van der Waals surface area contributed by atoms with Gasteiger partial charge in [-0.15, -0.1) is 19.1 Å². The summed E-state index contributed by atoms with van der Waals surface area (Å²) in [6, 6.07) is 7.47. The van der Waals surface area contributed by atoms with E-state index in [9.17, 15) is 0 Å². The maximum atomic E-state index is 6.11. The first kappa shape index (κ1) is 16.5. The summed E-state index contributed by atoms with van der Waals surface area (Å²) in [4.78, 5) is 4.61. The molecule has 0 aliphatic heterocycles. The van der Waals surface area contributed by atoms with Crippen molar-refractivity contribution >= 4 is 25.2 Å². The Morgan fingerprint density at radius 3 is 1.79 bits per heavy atom. The second-order valence-corrected chi connectivity index (χ2v) is 8.78. The molecule has 0 aliphatic rings. The molecule has 0 fully saturated rings. The molecule has 0 radical (unpaired) electrons. The molecule has 1 aromatic rings. The number of halogens is 1. The summed E-state index contributed by atoms with van der Waals surface area (Å²) in [5.41, 5.74) is 0.694. The molecule has 0 bridgehead atoms.